The number of benzene rings is 2. The maximum absolute atomic E-state index is 14.8. The highest BCUT2D eigenvalue weighted by Gasteiger charge is 2.34. The van der Waals surface area contributed by atoms with Gasteiger partial charge in [0.1, 0.15) is 12.4 Å². The van der Waals surface area contributed by atoms with Gasteiger partial charge in [0.2, 0.25) is 5.91 Å². The molecule has 2 saturated carbocycles. The van der Waals surface area contributed by atoms with Crippen LogP contribution in [0.1, 0.15) is 67.0 Å². The van der Waals surface area contributed by atoms with Gasteiger partial charge in [-0.05, 0) is 55.4 Å². The molecular weight excluding hydrogens is 443 g/mol. The molecule has 3 fully saturated rings. The van der Waals surface area contributed by atoms with Crippen LogP contribution >= 0.6 is 0 Å². The smallest absolute Gasteiger partial charge is 0.290 e. The molecule has 2 aromatic carbocycles. The van der Waals surface area contributed by atoms with Crippen LogP contribution in [0.2, 0.25) is 0 Å². The van der Waals surface area contributed by atoms with E-state index in [0.29, 0.717) is 42.0 Å². The van der Waals surface area contributed by atoms with Gasteiger partial charge in [-0.25, -0.2) is 9.37 Å². The number of hydrogen-bond acceptors (Lipinski definition) is 3. The summed E-state index contributed by atoms with van der Waals surface area (Å²) in [6.45, 7) is 1.18. The summed E-state index contributed by atoms with van der Waals surface area (Å²) in [5.74, 6) is 0.254. The summed E-state index contributed by atoms with van der Waals surface area (Å²) in [7, 11) is 1.84. The van der Waals surface area contributed by atoms with Gasteiger partial charge in [-0.2, -0.15) is 0 Å². The molecule has 2 heterocycles. The first-order chi connectivity index (χ1) is 17.0. The maximum Gasteiger partial charge on any atom is 0.290 e. The molecule has 2 amide bonds. The van der Waals surface area contributed by atoms with Crippen LogP contribution in [0.5, 0.6) is 0 Å². The summed E-state index contributed by atoms with van der Waals surface area (Å²) < 4.78 is 16.6. The van der Waals surface area contributed by atoms with Crippen LogP contribution in [0.25, 0.3) is 22.2 Å². The van der Waals surface area contributed by atoms with Gasteiger partial charge in [0.15, 0.2) is 5.82 Å². The van der Waals surface area contributed by atoms with Crippen molar-refractivity contribution in [2.75, 3.05) is 19.6 Å². The van der Waals surface area contributed by atoms with E-state index in [0.717, 1.165) is 42.3 Å². The highest BCUT2D eigenvalue weighted by Crippen LogP contribution is 2.43. The Morgan fingerprint density at radius 1 is 1.00 bits per heavy atom. The second-order valence-corrected chi connectivity index (χ2v) is 10.3. The predicted octanol–water partition coefficient (Wildman–Crippen LogP) is 4.87. The molecule has 35 heavy (non-hydrogen) atoms. The lowest BCUT2D eigenvalue weighted by molar-refractivity contribution is -0.138. The molecule has 0 spiro atoms. The van der Waals surface area contributed by atoms with Gasteiger partial charge in [-0.15, -0.1) is 0 Å². The van der Waals surface area contributed by atoms with E-state index in [2.05, 4.69) is 6.07 Å². The van der Waals surface area contributed by atoms with Crippen LogP contribution in [0.3, 0.4) is 0 Å². The fourth-order valence-corrected chi connectivity index (χ4v) is 5.82. The maximum atomic E-state index is 14.8. The van der Waals surface area contributed by atoms with E-state index in [1.54, 1.807) is 17.0 Å². The fraction of sp³-hybridized carbons (Fsp3) is 0.464. The van der Waals surface area contributed by atoms with E-state index in [1.165, 1.54) is 25.3 Å². The van der Waals surface area contributed by atoms with Crippen molar-refractivity contribution in [3.8, 4) is 11.1 Å². The Balaban J connectivity index is 1.33. The van der Waals surface area contributed by atoms with E-state index >= 15 is 0 Å². The number of rotatable bonds is 4. The minimum Gasteiger partial charge on any atom is -0.336 e. The lowest BCUT2D eigenvalue weighted by atomic mass is 9.93. The van der Waals surface area contributed by atoms with Gasteiger partial charge in [-0.3, -0.25) is 9.59 Å². The van der Waals surface area contributed by atoms with Crippen molar-refractivity contribution in [1.29, 1.82) is 0 Å². The zero-order valence-corrected chi connectivity index (χ0v) is 20.2. The predicted molar refractivity (Wildman–Crippen MR) is 133 cm³/mol. The molecule has 2 aliphatic carbocycles. The molecule has 0 bridgehead atoms. The molecule has 3 aromatic rings. The van der Waals surface area contributed by atoms with Crippen molar-refractivity contribution < 1.29 is 14.0 Å². The van der Waals surface area contributed by atoms with Gasteiger partial charge in [0.05, 0.1) is 11.0 Å². The van der Waals surface area contributed by atoms with E-state index in [-0.39, 0.29) is 24.2 Å². The van der Waals surface area contributed by atoms with Gasteiger partial charge in [-0.1, -0.05) is 37.5 Å². The molecule has 0 unspecified atom stereocenters. The quantitative estimate of drug-likeness (QED) is 0.542. The van der Waals surface area contributed by atoms with Crippen LogP contribution in [0.15, 0.2) is 36.4 Å². The van der Waals surface area contributed by atoms with Crippen molar-refractivity contribution >= 4 is 22.8 Å². The van der Waals surface area contributed by atoms with Crippen molar-refractivity contribution in [3.63, 3.8) is 0 Å². The van der Waals surface area contributed by atoms with Crippen LogP contribution in [-0.4, -0.2) is 56.8 Å². The Morgan fingerprint density at radius 3 is 2.49 bits per heavy atom. The normalized spacial score (nSPS) is 19.5. The number of nitrogens with zero attached hydrogens (tertiary/aromatic N) is 4. The molecule has 182 valence electrons. The molecule has 6 rings (SSSR count). The third-order valence-electron chi connectivity index (χ3n) is 7.97. The summed E-state index contributed by atoms with van der Waals surface area (Å²) in [5.41, 5.74) is 3.82. The Morgan fingerprint density at radius 2 is 1.77 bits per heavy atom. The summed E-state index contributed by atoms with van der Waals surface area (Å²) >= 11 is 0. The third kappa shape index (κ3) is 4.01. The summed E-state index contributed by atoms with van der Waals surface area (Å²) in [6, 6.07) is 11.2. The average Bonchev–Trinajstić information content (AvgIpc) is 3.68. The van der Waals surface area contributed by atoms with Crippen LogP contribution in [0.4, 0.5) is 4.39 Å². The Bertz CT molecular complexity index is 1310. The topological polar surface area (TPSA) is 58.4 Å². The van der Waals surface area contributed by atoms with Gasteiger partial charge >= 0.3 is 0 Å². The first-order valence-electron chi connectivity index (χ1n) is 12.9. The summed E-state index contributed by atoms with van der Waals surface area (Å²) in [5, 5.41) is 0. The number of aryl methyl sites for hydroxylation is 1. The van der Waals surface area contributed by atoms with E-state index in [4.69, 9.17) is 4.98 Å². The molecule has 3 aliphatic rings. The number of carbonyl (C=O) groups is 2. The van der Waals surface area contributed by atoms with Gasteiger partial charge < -0.3 is 14.4 Å². The summed E-state index contributed by atoms with van der Waals surface area (Å²) in [4.78, 5) is 34.9. The zero-order chi connectivity index (χ0) is 24.1. The third-order valence-corrected chi connectivity index (χ3v) is 7.97. The molecule has 1 saturated heterocycles. The molecule has 6 nitrogen and oxygen atoms in total. The van der Waals surface area contributed by atoms with Crippen LogP contribution in [0, 0.1) is 5.82 Å². The minimum atomic E-state index is -0.301. The fourth-order valence-electron chi connectivity index (χ4n) is 5.82. The van der Waals surface area contributed by atoms with Crippen LogP contribution in [-0.2, 0) is 11.8 Å². The van der Waals surface area contributed by atoms with E-state index < -0.39 is 0 Å². The molecule has 0 N–H and O–H groups in total. The number of amides is 2. The SMILES string of the molecule is Cn1c(C(=O)N2CCN(C3CCCCC3)C(=O)C2)nc2c(-c3ccccc3F)cc(C3CC3)cc21. The largest absolute Gasteiger partial charge is 0.336 e. The number of carbonyl (C=O) groups excluding carboxylic acids is 2. The molecule has 1 aliphatic heterocycles. The molecule has 0 atom stereocenters. The first kappa shape index (κ1) is 22.3. The standard InChI is InChI=1S/C28H31FN4O2/c1-31-24-16-19(18-11-12-18)15-22(21-9-5-6-10-23(21)29)26(24)30-27(31)28(35)32-13-14-33(25(34)17-32)20-7-3-2-4-8-20/h5-6,9-10,15-16,18,20H,2-4,7-8,11-14,17H2,1H3. The van der Waals surface area contributed by atoms with Crippen molar-refractivity contribution in [3.05, 3.63) is 53.6 Å². The number of aromatic nitrogens is 2. The second kappa shape index (κ2) is 8.77. The number of piperazine rings is 1. The molecule has 1 aromatic heterocycles. The lowest BCUT2D eigenvalue weighted by Crippen LogP contribution is -2.56. The first-order valence-corrected chi connectivity index (χ1v) is 12.9. The lowest BCUT2D eigenvalue weighted by Gasteiger charge is -2.40. The average molecular weight is 475 g/mol. The van der Waals surface area contributed by atoms with E-state index in [1.807, 2.05) is 28.6 Å². The highest BCUT2D eigenvalue weighted by molar-refractivity contribution is 6.01. The number of hydrogen-bond donors (Lipinski definition) is 0. The molecular formula is C28H31FN4O2. The van der Waals surface area contributed by atoms with Crippen molar-refractivity contribution in [1.82, 2.24) is 19.4 Å². The number of fused-ring (bicyclic) bond motifs is 1. The highest BCUT2D eigenvalue weighted by atomic mass is 19.1. The van der Waals surface area contributed by atoms with Crippen LogP contribution < -0.4 is 0 Å². The van der Waals surface area contributed by atoms with Crippen molar-refractivity contribution in [2.45, 2.75) is 56.9 Å². The second-order valence-electron chi connectivity index (χ2n) is 10.3. The number of halogens is 1. The Kier molecular flexibility index (Phi) is 5.58. The Labute approximate surface area is 204 Å². The molecule has 0 radical (unpaired) electrons. The zero-order valence-electron chi connectivity index (χ0n) is 20.2. The monoisotopic (exact) mass is 474 g/mol. The number of imidazole rings is 1. The molecule has 7 heteroatoms. The summed E-state index contributed by atoms with van der Waals surface area (Å²) in [6.07, 6.45) is 7.96. The van der Waals surface area contributed by atoms with Gasteiger partial charge in [0, 0.05) is 37.3 Å². The minimum absolute atomic E-state index is 0.0262. The Hall–Kier alpha value is -3.22. The van der Waals surface area contributed by atoms with Crippen molar-refractivity contribution in [2.24, 2.45) is 7.05 Å². The van der Waals surface area contributed by atoms with Gasteiger partial charge in [0.25, 0.3) is 5.91 Å². The van der Waals surface area contributed by atoms with E-state index in [9.17, 15) is 14.0 Å².